The third-order valence-electron chi connectivity index (χ3n) is 4.96. The van der Waals surface area contributed by atoms with Gasteiger partial charge in [-0.3, -0.25) is 9.69 Å². The molecule has 0 aliphatic heterocycles. The lowest BCUT2D eigenvalue weighted by atomic mass is 9.87. The van der Waals surface area contributed by atoms with E-state index < -0.39 is 11.6 Å². The zero-order valence-corrected chi connectivity index (χ0v) is 14.2. The molecule has 1 fully saturated rings. The monoisotopic (exact) mass is 324 g/mol. The van der Waals surface area contributed by atoms with Crippen LogP contribution in [0.5, 0.6) is 0 Å². The highest BCUT2D eigenvalue weighted by Gasteiger charge is 2.34. The third-order valence-corrected chi connectivity index (χ3v) is 4.96. The normalized spacial score (nSPS) is 21.5. The van der Waals surface area contributed by atoms with Gasteiger partial charge in [0.2, 0.25) is 0 Å². The number of benzene rings is 1. The van der Waals surface area contributed by atoms with Gasteiger partial charge in [0.1, 0.15) is 0 Å². The molecule has 1 aliphatic rings. The van der Waals surface area contributed by atoms with Gasteiger partial charge in [0, 0.05) is 24.7 Å². The van der Waals surface area contributed by atoms with Crippen molar-refractivity contribution in [1.82, 2.24) is 9.80 Å². The van der Waals surface area contributed by atoms with Crippen molar-refractivity contribution in [3.8, 4) is 0 Å². The minimum atomic E-state index is -0.979. The van der Waals surface area contributed by atoms with E-state index in [1.165, 1.54) is 12.5 Å². The summed E-state index contributed by atoms with van der Waals surface area (Å²) in [6, 6.07) is 3.80. The molecular formula is C18H26F2N2O. The quantitative estimate of drug-likeness (QED) is 0.825. The Morgan fingerprint density at radius 2 is 1.70 bits per heavy atom. The molecule has 5 heteroatoms. The molecule has 0 saturated heterocycles. The second kappa shape index (κ2) is 7.86. The molecule has 1 amide bonds. The van der Waals surface area contributed by atoms with E-state index in [1.807, 2.05) is 0 Å². The molecule has 1 aromatic rings. The number of halogens is 2. The lowest BCUT2D eigenvalue weighted by Crippen LogP contribution is -2.53. The first-order chi connectivity index (χ1) is 11.0. The lowest BCUT2D eigenvalue weighted by molar-refractivity contribution is 0.0465. The van der Waals surface area contributed by atoms with Crippen LogP contribution < -0.4 is 0 Å². The van der Waals surface area contributed by atoms with Crippen LogP contribution in [0.3, 0.4) is 0 Å². The molecule has 0 spiro atoms. The number of hydrogen-bond acceptors (Lipinski definition) is 2. The Bertz CT molecular complexity index is 546. The maximum absolute atomic E-state index is 13.4. The average molecular weight is 324 g/mol. The fraction of sp³-hybridized carbons (Fsp3) is 0.611. The second-order valence-electron chi connectivity index (χ2n) is 6.19. The molecule has 1 saturated carbocycles. The number of nitrogens with zero attached hydrogens (tertiary/aromatic N) is 2. The largest absolute Gasteiger partial charge is 0.337 e. The van der Waals surface area contributed by atoms with Gasteiger partial charge in [-0.2, -0.15) is 0 Å². The van der Waals surface area contributed by atoms with E-state index in [9.17, 15) is 13.6 Å². The van der Waals surface area contributed by atoms with Crippen LogP contribution in [-0.4, -0.2) is 47.9 Å². The summed E-state index contributed by atoms with van der Waals surface area (Å²) in [7, 11) is 1.77. The summed E-state index contributed by atoms with van der Waals surface area (Å²) in [4.78, 5) is 16.8. The average Bonchev–Trinajstić information content (AvgIpc) is 2.57. The molecule has 0 bridgehead atoms. The van der Waals surface area contributed by atoms with E-state index >= 15 is 0 Å². The molecule has 128 valence electrons. The number of hydrogen-bond donors (Lipinski definition) is 0. The van der Waals surface area contributed by atoms with E-state index in [1.54, 1.807) is 11.9 Å². The van der Waals surface area contributed by atoms with Crippen molar-refractivity contribution in [2.24, 2.45) is 0 Å². The van der Waals surface area contributed by atoms with E-state index in [4.69, 9.17) is 0 Å². The summed E-state index contributed by atoms with van der Waals surface area (Å²) >= 11 is 0. The Morgan fingerprint density at radius 3 is 2.26 bits per heavy atom. The molecule has 23 heavy (non-hydrogen) atoms. The summed E-state index contributed by atoms with van der Waals surface area (Å²) < 4.78 is 26.5. The maximum Gasteiger partial charge on any atom is 0.254 e. The van der Waals surface area contributed by atoms with E-state index in [-0.39, 0.29) is 17.5 Å². The Kier molecular flexibility index (Phi) is 6.10. The van der Waals surface area contributed by atoms with Crippen molar-refractivity contribution in [3.63, 3.8) is 0 Å². The highest BCUT2D eigenvalue weighted by atomic mass is 19.2. The summed E-state index contributed by atoms with van der Waals surface area (Å²) in [5.74, 6) is -2.15. The Hall–Kier alpha value is -1.49. The summed E-state index contributed by atoms with van der Waals surface area (Å²) in [5, 5.41) is 0. The van der Waals surface area contributed by atoms with E-state index in [0.717, 1.165) is 44.5 Å². The fourth-order valence-electron chi connectivity index (χ4n) is 3.65. The highest BCUT2D eigenvalue weighted by Crippen LogP contribution is 2.27. The van der Waals surface area contributed by atoms with Crippen LogP contribution in [0, 0.1) is 11.6 Å². The van der Waals surface area contributed by atoms with Gasteiger partial charge < -0.3 is 4.90 Å². The summed E-state index contributed by atoms with van der Waals surface area (Å²) in [6.45, 7) is 6.16. The Morgan fingerprint density at radius 1 is 1.09 bits per heavy atom. The van der Waals surface area contributed by atoms with Gasteiger partial charge in [-0.1, -0.05) is 26.7 Å². The third kappa shape index (κ3) is 3.89. The molecule has 0 heterocycles. The molecule has 2 atom stereocenters. The van der Waals surface area contributed by atoms with Crippen molar-refractivity contribution in [2.75, 3.05) is 20.1 Å². The van der Waals surface area contributed by atoms with Gasteiger partial charge in [0.15, 0.2) is 11.6 Å². The lowest BCUT2D eigenvalue weighted by Gasteiger charge is -2.43. The number of amides is 1. The standard InChI is InChI=1S/C18H26F2N2O/c1-4-22(5-2)17-9-7-6-8-16(17)21(3)18(23)13-10-11-14(19)15(20)12-13/h10-12,16-17H,4-9H2,1-3H3. The SMILES string of the molecule is CCN(CC)C1CCCCC1N(C)C(=O)c1ccc(F)c(F)c1. The first kappa shape index (κ1) is 17.9. The molecule has 0 radical (unpaired) electrons. The smallest absolute Gasteiger partial charge is 0.254 e. The van der Waals surface area contributed by atoms with E-state index in [2.05, 4.69) is 18.7 Å². The Labute approximate surface area is 137 Å². The maximum atomic E-state index is 13.4. The van der Waals surface area contributed by atoms with Crippen molar-refractivity contribution < 1.29 is 13.6 Å². The topological polar surface area (TPSA) is 23.6 Å². The van der Waals surface area contributed by atoms with Gasteiger partial charge >= 0.3 is 0 Å². The zero-order chi connectivity index (χ0) is 17.0. The Balaban J connectivity index is 2.19. The van der Waals surface area contributed by atoms with Crippen molar-refractivity contribution in [1.29, 1.82) is 0 Å². The van der Waals surface area contributed by atoms with Gasteiger partial charge in [-0.05, 0) is 44.1 Å². The number of carbonyl (C=O) groups excluding carboxylic acids is 1. The predicted octanol–water partition coefficient (Wildman–Crippen LogP) is 3.69. The summed E-state index contributed by atoms with van der Waals surface area (Å²) in [6.07, 6.45) is 4.29. The van der Waals surface area contributed by atoms with Crippen LogP contribution in [0.15, 0.2) is 18.2 Å². The first-order valence-corrected chi connectivity index (χ1v) is 8.45. The predicted molar refractivity (Wildman–Crippen MR) is 87.4 cm³/mol. The van der Waals surface area contributed by atoms with Crippen molar-refractivity contribution >= 4 is 5.91 Å². The molecular weight excluding hydrogens is 298 g/mol. The molecule has 3 nitrogen and oxygen atoms in total. The first-order valence-electron chi connectivity index (χ1n) is 8.45. The van der Waals surface area contributed by atoms with Crippen LogP contribution in [-0.2, 0) is 0 Å². The molecule has 0 aromatic heterocycles. The minimum Gasteiger partial charge on any atom is -0.337 e. The van der Waals surface area contributed by atoms with Gasteiger partial charge in [-0.15, -0.1) is 0 Å². The zero-order valence-electron chi connectivity index (χ0n) is 14.2. The van der Waals surface area contributed by atoms with Crippen LogP contribution in [0.25, 0.3) is 0 Å². The van der Waals surface area contributed by atoms with E-state index in [0.29, 0.717) is 6.04 Å². The minimum absolute atomic E-state index is 0.115. The van der Waals surface area contributed by atoms with Crippen molar-refractivity contribution in [2.45, 2.75) is 51.6 Å². The summed E-state index contributed by atoms with van der Waals surface area (Å²) in [5.41, 5.74) is 0.204. The highest BCUT2D eigenvalue weighted by molar-refractivity contribution is 5.94. The van der Waals surface area contributed by atoms with Crippen LogP contribution in [0.2, 0.25) is 0 Å². The fourth-order valence-corrected chi connectivity index (χ4v) is 3.65. The second-order valence-corrected chi connectivity index (χ2v) is 6.19. The van der Waals surface area contributed by atoms with Gasteiger partial charge in [0.25, 0.3) is 5.91 Å². The van der Waals surface area contributed by atoms with Crippen molar-refractivity contribution in [3.05, 3.63) is 35.4 Å². The van der Waals surface area contributed by atoms with Gasteiger partial charge in [0.05, 0.1) is 0 Å². The number of likely N-dealkylation sites (N-methyl/N-ethyl adjacent to an activating group) is 2. The molecule has 2 rings (SSSR count). The molecule has 1 aromatic carbocycles. The number of carbonyl (C=O) groups is 1. The van der Waals surface area contributed by atoms with Gasteiger partial charge in [-0.25, -0.2) is 8.78 Å². The molecule has 0 N–H and O–H groups in total. The van der Waals surface area contributed by atoms with Crippen LogP contribution >= 0.6 is 0 Å². The molecule has 1 aliphatic carbocycles. The molecule has 2 unspecified atom stereocenters. The van der Waals surface area contributed by atoms with Crippen LogP contribution in [0.4, 0.5) is 8.78 Å². The number of rotatable bonds is 5. The van der Waals surface area contributed by atoms with Crippen LogP contribution in [0.1, 0.15) is 49.9 Å².